The lowest BCUT2D eigenvalue weighted by Crippen LogP contribution is -2.43. The summed E-state index contributed by atoms with van der Waals surface area (Å²) < 4.78 is 33.2. The molecular weight excluding hydrogens is 385 g/mol. The van der Waals surface area contributed by atoms with Crippen molar-refractivity contribution in [2.24, 2.45) is 0 Å². The van der Waals surface area contributed by atoms with Gasteiger partial charge in [-0.05, 0) is 44.3 Å². The Bertz CT molecular complexity index is 775. The molecule has 6 nitrogen and oxygen atoms in total. The number of sulfonamides is 1. The van der Waals surface area contributed by atoms with Crippen LogP contribution in [0.25, 0.3) is 0 Å². The van der Waals surface area contributed by atoms with E-state index in [2.05, 4.69) is 10.3 Å². The summed E-state index contributed by atoms with van der Waals surface area (Å²) >= 11 is 0. The minimum atomic E-state index is -3.67. The van der Waals surface area contributed by atoms with Crippen LogP contribution in [0.2, 0.25) is 0 Å². The molecule has 2 aromatic rings. The van der Waals surface area contributed by atoms with Crippen LogP contribution in [-0.4, -0.2) is 32.4 Å². The summed E-state index contributed by atoms with van der Waals surface area (Å²) in [6, 6.07) is 10.6. The molecule has 1 aromatic carbocycles. The lowest BCUT2D eigenvalue weighted by molar-refractivity contribution is 0.254. The zero-order chi connectivity index (χ0) is 16.3. The maximum Gasteiger partial charge on any atom is 0.278 e. The number of halogens is 2. The highest BCUT2D eigenvalue weighted by Gasteiger charge is 2.40. The fourth-order valence-corrected chi connectivity index (χ4v) is 4.35. The van der Waals surface area contributed by atoms with Crippen molar-refractivity contribution in [3.8, 4) is 5.75 Å². The topological polar surface area (TPSA) is 71.5 Å². The van der Waals surface area contributed by atoms with E-state index >= 15 is 0 Å². The number of anilines is 2. The van der Waals surface area contributed by atoms with Gasteiger partial charge in [-0.25, -0.2) is 12.7 Å². The molecule has 0 saturated carbocycles. The fraction of sp³-hybridized carbons (Fsp3) is 0.312. The highest BCUT2D eigenvalue weighted by molar-refractivity contribution is 7.93. The standard InChI is InChI=1S/C16H19N3O3S.2ClH/c1-17-10-5-9-16-22-15-8-3-2-7-14(15)19(23(16,20)21)13-6-4-11-18-12-13;;/h2-4,6-8,11-12,16-17H,5,9-10H2,1H3;2*1H. The first-order chi connectivity index (χ1) is 11.1. The first-order valence-corrected chi connectivity index (χ1v) is 8.99. The predicted molar refractivity (Wildman–Crippen MR) is 104 cm³/mol. The third-order valence-corrected chi connectivity index (χ3v) is 5.59. The monoisotopic (exact) mass is 405 g/mol. The summed E-state index contributed by atoms with van der Waals surface area (Å²) in [5.41, 5.74) is 0.137. The zero-order valence-electron chi connectivity index (χ0n) is 13.7. The smallest absolute Gasteiger partial charge is 0.278 e. The maximum atomic E-state index is 13.0. The van der Waals surface area contributed by atoms with Crippen LogP contribution in [-0.2, 0) is 10.0 Å². The second-order valence-corrected chi connectivity index (χ2v) is 7.20. The maximum absolute atomic E-state index is 13.0. The van der Waals surface area contributed by atoms with Crippen molar-refractivity contribution in [1.29, 1.82) is 0 Å². The summed E-state index contributed by atoms with van der Waals surface area (Å²) in [6.07, 6.45) is 4.30. The van der Waals surface area contributed by atoms with E-state index < -0.39 is 15.5 Å². The Balaban J connectivity index is 0.00000156. The molecule has 0 aliphatic carbocycles. The van der Waals surface area contributed by atoms with Crippen LogP contribution in [0.3, 0.4) is 0 Å². The van der Waals surface area contributed by atoms with Crippen LogP contribution in [0.1, 0.15) is 12.8 Å². The van der Waals surface area contributed by atoms with Crippen molar-refractivity contribution < 1.29 is 13.2 Å². The molecule has 1 aromatic heterocycles. The van der Waals surface area contributed by atoms with Crippen molar-refractivity contribution >= 4 is 46.2 Å². The van der Waals surface area contributed by atoms with E-state index in [9.17, 15) is 8.42 Å². The predicted octanol–water partition coefficient (Wildman–Crippen LogP) is 3.11. The van der Waals surface area contributed by atoms with E-state index in [1.165, 1.54) is 4.31 Å². The number of aromatic nitrogens is 1. The van der Waals surface area contributed by atoms with Crippen molar-refractivity contribution in [2.75, 3.05) is 17.9 Å². The molecule has 1 N–H and O–H groups in total. The molecule has 0 fully saturated rings. The largest absolute Gasteiger partial charge is 0.470 e. The molecule has 1 unspecified atom stereocenters. The Morgan fingerprint density at radius 2 is 1.96 bits per heavy atom. The number of nitrogens with zero attached hydrogens (tertiary/aromatic N) is 2. The third kappa shape index (κ3) is 4.36. The van der Waals surface area contributed by atoms with Gasteiger partial charge in [0.1, 0.15) is 5.75 Å². The Morgan fingerprint density at radius 3 is 2.64 bits per heavy atom. The Hall–Kier alpha value is -1.54. The van der Waals surface area contributed by atoms with Gasteiger partial charge in [-0.15, -0.1) is 24.8 Å². The molecule has 0 radical (unpaired) electrons. The number of hydrogen-bond donors (Lipinski definition) is 1. The number of hydrogen-bond acceptors (Lipinski definition) is 5. The van der Waals surface area contributed by atoms with Crippen molar-refractivity contribution in [2.45, 2.75) is 18.3 Å². The molecular formula is C16H21Cl2N3O3S. The molecule has 138 valence electrons. The van der Waals surface area contributed by atoms with Crippen molar-refractivity contribution in [1.82, 2.24) is 10.3 Å². The summed E-state index contributed by atoms with van der Waals surface area (Å²) in [5, 5.41) is 3.02. The molecule has 1 aliphatic rings. The summed E-state index contributed by atoms with van der Waals surface area (Å²) in [6.45, 7) is 0.740. The number of benzene rings is 1. The Morgan fingerprint density at radius 1 is 1.20 bits per heavy atom. The van der Waals surface area contributed by atoms with Crippen LogP contribution in [0.5, 0.6) is 5.75 Å². The van der Waals surface area contributed by atoms with Gasteiger partial charge < -0.3 is 10.1 Å². The lowest BCUT2D eigenvalue weighted by atomic mass is 10.2. The molecule has 2 heterocycles. The summed E-state index contributed by atoms with van der Waals surface area (Å²) in [7, 11) is -1.83. The van der Waals surface area contributed by atoms with Gasteiger partial charge in [0.2, 0.25) is 5.44 Å². The Kier molecular flexibility index (Phi) is 7.95. The normalized spacial score (nSPS) is 17.5. The van der Waals surface area contributed by atoms with Crippen LogP contribution in [0.4, 0.5) is 11.4 Å². The number of rotatable bonds is 5. The number of nitrogens with one attached hydrogen (secondary N) is 1. The van der Waals surface area contributed by atoms with Crippen molar-refractivity contribution in [3.63, 3.8) is 0 Å². The zero-order valence-corrected chi connectivity index (χ0v) is 16.1. The van der Waals surface area contributed by atoms with Gasteiger partial charge in [-0.2, -0.15) is 0 Å². The SMILES string of the molecule is CNCCCC1Oc2ccccc2N(c2cccnc2)S1(=O)=O.Cl.Cl. The number of pyridine rings is 1. The number of ether oxygens (including phenoxy) is 1. The van der Waals surface area contributed by atoms with Gasteiger partial charge in [-0.1, -0.05) is 12.1 Å². The molecule has 1 aliphatic heterocycles. The van der Waals surface area contributed by atoms with E-state index in [0.29, 0.717) is 30.0 Å². The van der Waals surface area contributed by atoms with Crippen LogP contribution >= 0.6 is 24.8 Å². The van der Waals surface area contributed by atoms with E-state index in [0.717, 1.165) is 6.54 Å². The minimum absolute atomic E-state index is 0. The lowest BCUT2D eigenvalue weighted by Gasteiger charge is -2.35. The number of fused-ring (bicyclic) bond motifs is 1. The second-order valence-electron chi connectivity index (χ2n) is 5.28. The van der Waals surface area contributed by atoms with E-state index in [-0.39, 0.29) is 24.8 Å². The van der Waals surface area contributed by atoms with Crippen LogP contribution in [0.15, 0.2) is 48.8 Å². The third-order valence-electron chi connectivity index (χ3n) is 3.68. The minimum Gasteiger partial charge on any atom is -0.470 e. The Labute approximate surface area is 160 Å². The van der Waals surface area contributed by atoms with Crippen molar-refractivity contribution in [3.05, 3.63) is 48.8 Å². The number of para-hydroxylation sites is 2. The molecule has 0 amide bonds. The fourth-order valence-electron chi connectivity index (χ4n) is 2.59. The molecule has 0 saturated heterocycles. The van der Waals surface area contributed by atoms with E-state index in [1.54, 1.807) is 42.7 Å². The van der Waals surface area contributed by atoms with Gasteiger partial charge in [0.15, 0.2) is 0 Å². The van der Waals surface area contributed by atoms with E-state index in [1.807, 2.05) is 13.1 Å². The molecule has 0 spiro atoms. The quantitative estimate of drug-likeness (QED) is 0.773. The van der Waals surface area contributed by atoms with Gasteiger partial charge in [-0.3, -0.25) is 4.98 Å². The first-order valence-electron chi connectivity index (χ1n) is 7.49. The van der Waals surface area contributed by atoms with Gasteiger partial charge >= 0.3 is 0 Å². The molecule has 25 heavy (non-hydrogen) atoms. The first kappa shape index (κ1) is 21.5. The summed E-state index contributed by atoms with van der Waals surface area (Å²) in [5.74, 6) is 0.570. The highest BCUT2D eigenvalue weighted by atomic mass is 35.5. The molecule has 1 atom stereocenters. The second kappa shape index (κ2) is 9.24. The van der Waals surface area contributed by atoms with Crippen LogP contribution in [0, 0.1) is 0 Å². The van der Waals surface area contributed by atoms with Gasteiger partial charge in [0.25, 0.3) is 10.0 Å². The highest BCUT2D eigenvalue weighted by Crippen LogP contribution is 2.42. The van der Waals surface area contributed by atoms with Gasteiger partial charge in [0, 0.05) is 12.6 Å². The van der Waals surface area contributed by atoms with Crippen LogP contribution < -0.4 is 14.4 Å². The van der Waals surface area contributed by atoms with E-state index in [4.69, 9.17) is 4.74 Å². The molecule has 9 heteroatoms. The molecule has 0 bridgehead atoms. The van der Waals surface area contributed by atoms with Gasteiger partial charge in [0.05, 0.1) is 17.6 Å². The summed E-state index contributed by atoms with van der Waals surface area (Å²) in [4.78, 5) is 4.04. The average molecular weight is 406 g/mol. The average Bonchev–Trinajstić information content (AvgIpc) is 2.56. The molecule has 3 rings (SSSR count).